The molecule has 236 valence electrons. The molecule has 12 nitrogen and oxygen atoms in total. The van der Waals surface area contributed by atoms with Gasteiger partial charge in [0, 0.05) is 37.1 Å². The molecule has 0 saturated carbocycles. The van der Waals surface area contributed by atoms with Gasteiger partial charge in [-0.3, -0.25) is 14.2 Å². The number of hydrogen-bond acceptors (Lipinski definition) is 10. The molecule has 45 heavy (non-hydrogen) atoms. The lowest BCUT2D eigenvalue weighted by Crippen LogP contribution is -2.57. The van der Waals surface area contributed by atoms with Crippen LogP contribution in [0.25, 0.3) is 0 Å². The number of nitriles is 2. The Morgan fingerprint density at radius 1 is 0.800 bits per heavy atom. The van der Waals surface area contributed by atoms with Gasteiger partial charge in [0.05, 0.1) is 35.3 Å². The summed E-state index contributed by atoms with van der Waals surface area (Å²) in [6.45, 7) is 7.44. The van der Waals surface area contributed by atoms with Crippen LogP contribution in [0.5, 0.6) is 11.5 Å². The van der Waals surface area contributed by atoms with Gasteiger partial charge in [0.15, 0.2) is 0 Å². The summed E-state index contributed by atoms with van der Waals surface area (Å²) in [6, 6.07) is 12.1. The molecule has 5 atom stereocenters. The van der Waals surface area contributed by atoms with Crippen LogP contribution in [-0.2, 0) is 23.2 Å². The molecule has 2 aromatic carbocycles. The topological polar surface area (TPSA) is 165 Å². The number of carbonyl (C=O) groups excluding carboxylic acids is 2. The van der Waals surface area contributed by atoms with Crippen LogP contribution in [0.1, 0.15) is 87.7 Å². The Morgan fingerprint density at radius 2 is 1.20 bits per heavy atom. The van der Waals surface area contributed by atoms with Crippen molar-refractivity contribution < 1.29 is 37.6 Å². The van der Waals surface area contributed by atoms with Gasteiger partial charge in [0.2, 0.25) is 11.8 Å². The molecule has 0 aliphatic carbocycles. The lowest BCUT2D eigenvalue weighted by molar-refractivity contribution is -0.253. The Morgan fingerprint density at radius 3 is 1.53 bits per heavy atom. The van der Waals surface area contributed by atoms with Gasteiger partial charge in [-0.1, -0.05) is 0 Å². The van der Waals surface area contributed by atoms with E-state index in [-0.39, 0.29) is 11.8 Å². The van der Waals surface area contributed by atoms with Crippen LogP contribution in [0.15, 0.2) is 36.4 Å². The second-order valence-corrected chi connectivity index (χ2v) is 14.2. The standard InChI is InChI=1S/C32H35N4O8P/c1-31(2)29(27(35-13-5-7-25(35)37)21-15-19(17-33)9-11-23(21)41-31)43-45(39,40)44-30-28(36-14-6-8-26(36)38)22-16-20(18-34)10-12-24(22)42-32(30,3)4/h9-12,15-16,27-30H,5-8,13-14H2,1-4H3,(H,39,40)/p-1/t27-,28+,29+,30-. The zero-order valence-corrected chi connectivity index (χ0v) is 26.4. The minimum Gasteiger partial charge on any atom is -0.756 e. The highest BCUT2D eigenvalue weighted by atomic mass is 31.2. The third-order valence-electron chi connectivity index (χ3n) is 8.98. The molecule has 2 aromatic rings. The fourth-order valence-electron chi connectivity index (χ4n) is 6.91. The molecule has 0 radical (unpaired) electrons. The molecule has 13 heteroatoms. The maximum Gasteiger partial charge on any atom is 0.268 e. The number of hydrogen-bond donors (Lipinski definition) is 0. The van der Waals surface area contributed by atoms with Gasteiger partial charge in [0.1, 0.15) is 34.9 Å². The highest BCUT2D eigenvalue weighted by Crippen LogP contribution is 2.56. The monoisotopic (exact) mass is 633 g/mol. The molecule has 4 aliphatic rings. The fraction of sp³-hybridized carbons (Fsp3) is 0.500. The van der Waals surface area contributed by atoms with Gasteiger partial charge in [0.25, 0.3) is 7.82 Å². The average Bonchev–Trinajstić information content (AvgIpc) is 3.60. The molecule has 1 unspecified atom stereocenters. The van der Waals surface area contributed by atoms with Crippen LogP contribution in [0.4, 0.5) is 0 Å². The Hall–Kier alpha value is -3.93. The minimum atomic E-state index is -5.26. The van der Waals surface area contributed by atoms with Crippen LogP contribution in [0.2, 0.25) is 0 Å². The predicted molar refractivity (Wildman–Crippen MR) is 156 cm³/mol. The van der Waals surface area contributed by atoms with E-state index in [9.17, 15) is 29.6 Å². The van der Waals surface area contributed by atoms with Crippen LogP contribution in [0.3, 0.4) is 0 Å². The summed E-state index contributed by atoms with van der Waals surface area (Å²) < 4.78 is 38.4. The number of fused-ring (bicyclic) bond motifs is 2. The molecule has 6 rings (SSSR count). The van der Waals surface area contributed by atoms with E-state index in [1.54, 1.807) is 73.9 Å². The molecule has 2 amide bonds. The van der Waals surface area contributed by atoms with Gasteiger partial charge in [-0.25, -0.2) is 0 Å². The molecule has 0 spiro atoms. The molecule has 0 bridgehead atoms. The van der Waals surface area contributed by atoms with E-state index in [2.05, 4.69) is 12.1 Å². The molecule has 0 aromatic heterocycles. The number of phosphoric acid groups is 1. The van der Waals surface area contributed by atoms with E-state index in [0.717, 1.165) is 0 Å². The van der Waals surface area contributed by atoms with Crippen molar-refractivity contribution in [1.82, 2.24) is 9.80 Å². The minimum absolute atomic E-state index is 0.166. The first-order valence-electron chi connectivity index (χ1n) is 15.0. The van der Waals surface area contributed by atoms with Gasteiger partial charge in [-0.2, -0.15) is 10.5 Å². The quantitative estimate of drug-likeness (QED) is 0.424. The molecular weight excluding hydrogens is 599 g/mol. The molecule has 2 fully saturated rings. The number of likely N-dealkylation sites (tertiary alicyclic amines) is 2. The first-order valence-corrected chi connectivity index (χ1v) is 16.4. The third kappa shape index (κ3) is 5.57. The molecule has 4 heterocycles. The highest BCUT2D eigenvalue weighted by molar-refractivity contribution is 7.45. The van der Waals surface area contributed by atoms with Crippen molar-refractivity contribution in [3.8, 4) is 23.6 Å². The Kier molecular flexibility index (Phi) is 7.70. The number of amides is 2. The first-order chi connectivity index (χ1) is 21.2. The highest BCUT2D eigenvalue weighted by Gasteiger charge is 2.54. The summed E-state index contributed by atoms with van der Waals surface area (Å²) >= 11 is 0. The van der Waals surface area contributed by atoms with Crippen molar-refractivity contribution >= 4 is 19.6 Å². The van der Waals surface area contributed by atoms with Crippen molar-refractivity contribution in [2.24, 2.45) is 0 Å². The van der Waals surface area contributed by atoms with Crippen LogP contribution in [-0.4, -0.2) is 58.1 Å². The number of ether oxygens (including phenoxy) is 2. The van der Waals surface area contributed by atoms with Crippen molar-refractivity contribution in [2.75, 3.05) is 13.1 Å². The first kappa shape index (κ1) is 31.1. The fourth-order valence-corrected chi connectivity index (χ4v) is 8.26. The van der Waals surface area contributed by atoms with Crippen molar-refractivity contribution in [1.29, 1.82) is 10.5 Å². The normalized spacial score (nSPS) is 27.8. The second-order valence-electron chi connectivity index (χ2n) is 12.9. The predicted octanol–water partition coefficient (Wildman–Crippen LogP) is 4.04. The SMILES string of the molecule is CC1(C)Oc2ccc(C#N)cc2[C@H](N2CCCC2=O)[C@H]1OP(=O)([O-])O[C@H]1[C@H](N2CCCC2=O)c2cc(C#N)ccc2OC1(C)C. The lowest BCUT2D eigenvalue weighted by atomic mass is 9.85. The number of nitrogens with zero attached hydrogens (tertiary/aromatic N) is 4. The summed E-state index contributed by atoms with van der Waals surface area (Å²) in [7, 11) is -5.26. The van der Waals surface area contributed by atoms with E-state index in [1.807, 2.05) is 0 Å². The summed E-state index contributed by atoms with van der Waals surface area (Å²) in [6.07, 6.45) is -0.724. The summed E-state index contributed by atoms with van der Waals surface area (Å²) in [4.78, 5) is 43.3. The van der Waals surface area contributed by atoms with E-state index in [0.29, 0.717) is 72.5 Å². The Labute approximate surface area is 261 Å². The van der Waals surface area contributed by atoms with Gasteiger partial charge in [-0.05, 0) is 76.9 Å². The maximum atomic E-state index is 14.1. The second kappa shape index (κ2) is 11.1. The van der Waals surface area contributed by atoms with Crippen molar-refractivity contribution in [3.63, 3.8) is 0 Å². The number of phosphoric ester groups is 1. The van der Waals surface area contributed by atoms with Crippen molar-refractivity contribution in [3.05, 3.63) is 58.7 Å². The number of carbonyl (C=O) groups is 2. The summed E-state index contributed by atoms with van der Waals surface area (Å²) in [5, 5.41) is 19.2. The zero-order chi connectivity index (χ0) is 32.3. The Balaban J connectivity index is 1.40. The molecular formula is C32H34N4O8P-. The van der Waals surface area contributed by atoms with E-state index in [4.69, 9.17) is 18.5 Å². The third-order valence-corrected chi connectivity index (χ3v) is 9.95. The van der Waals surface area contributed by atoms with Crippen LogP contribution < -0.4 is 14.4 Å². The zero-order valence-electron chi connectivity index (χ0n) is 25.5. The van der Waals surface area contributed by atoms with Gasteiger partial charge < -0.3 is 33.2 Å². The van der Waals surface area contributed by atoms with Gasteiger partial charge in [-0.15, -0.1) is 0 Å². The maximum absolute atomic E-state index is 14.1. The average molecular weight is 634 g/mol. The Bertz CT molecular complexity index is 1580. The van der Waals surface area contributed by atoms with Crippen LogP contribution in [0, 0.1) is 22.7 Å². The molecule has 2 saturated heterocycles. The smallest absolute Gasteiger partial charge is 0.268 e. The number of rotatable bonds is 6. The van der Waals surface area contributed by atoms with E-state index in [1.165, 1.54) is 0 Å². The van der Waals surface area contributed by atoms with Crippen molar-refractivity contribution in [2.45, 2.75) is 88.9 Å². The van der Waals surface area contributed by atoms with E-state index >= 15 is 0 Å². The van der Waals surface area contributed by atoms with Gasteiger partial charge >= 0.3 is 0 Å². The van der Waals surface area contributed by atoms with Crippen LogP contribution >= 0.6 is 7.82 Å². The number of benzene rings is 2. The summed E-state index contributed by atoms with van der Waals surface area (Å²) in [5.74, 6) is 0.509. The molecule has 4 aliphatic heterocycles. The van der Waals surface area contributed by atoms with E-state index < -0.39 is 43.3 Å². The lowest BCUT2D eigenvalue weighted by Gasteiger charge is -2.51. The summed E-state index contributed by atoms with van der Waals surface area (Å²) in [5.41, 5.74) is -0.931. The molecule has 0 N–H and O–H groups in total. The largest absolute Gasteiger partial charge is 0.756 e.